The lowest BCUT2D eigenvalue weighted by Crippen LogP contribution is -2.47. The summed E-state index contributed by atoms with van der Waals surface area (Å²) >= 11 is 0. The summed E-state index contributed by atoms with van der Waals surface area (Å²) < 4.78 is 5.15. The lowest BCUT2D eigenvalue weighted by Gasteiger charge is -2.22. The highest BCUT2D eigenvalue weighted by molar-refractivity contribution is 5.84. The van der Waals surface area contributed by atoms with Gasteiger partial charge in [0.1, 0.15) is 11.6 Å². The van der Waals surface area contributed by atoms with Crippen LogP contribution in [0.2, 0.25) is 0 Å². The first-order valence-electron chi connectivity index (χ1n) is 7.33. The van der Waals surface area contributed by atoms with E-state index < -0.39 is 23.6 Å². The third-order valence-electron chi connectivity index (χ3n) is 2.78. The van der Waals surface area contributed by atoms with Gasteiger partial charge >= 0.3 is 6.09 Å². The Labute approximate surface area is 131 Å². The van der Waals surface area contributed by atoms with Crippen LogP contribution in [-0.2, 0) is 16.0 Å². The maximum Gasteiger partial charge on any atom is 0.408 e. The summed E-state index contributed by atoms with van der Waals surface area (Å²) in [5.74, 6) is -0.597. The smallest absolute Gasteiger partial charge is 0.408 e. The summed E-state index contributed by atoms with van der Waals surface area (Å²) in [6, 6.07) is 6.82. The van der Waals surface area contributed by atoms with E-state index in [-0.39, 0.29) is 0 Å². The van der Waals surface area contributed by atoms with Gasteiger partial charge in [-0.25, -0.2) is 4.79 Å². The van der Waals surface area contributed by atoms with Crippen LogP contribution in [0.4, 0.5) is 10.5 Å². The number of ether oxygens (including phenoxy) is 1. The molecule has 2 amide bonds. The van der Waals surface area contributed by atoms with E-state index in [9.17, 15) is 9.59 Å². The van der Waals surface area contributed by atoms with E-state index in [4.69, 9.17) is 10.5 Å². The molecule has 122 valence electrons. The number of carbonyl (C=O) groups excluding carboxylic acids is 2. The van der Waals surface area contributed by atoms with Crippen LogP contribution < -0.4 is 16.4 Å². The number of hydrogen-bond donors (Lipinski definition) is 3. The Kier molecular flexibility index (Phi) is 6.22. The van der Waals surface area contributed by atoms with Crippen molar-refractivity contribution in [2.24, 2.45) is 5.73 Å². The molecule has 0 fully saturated rings. The Bertz CT molecular complexity index is 524. The van der Waals surface area contributed by atoms with Gasteiger partial charge < -0.3 is 21.1 Å². The molecule has 0 bridgehead atoms. The van der Waals surface area contributed by atoms with Crippen LogP contribution in [0.1, 0.15) is 33.3 Å². The zero-order valence-corrected chi connectivity index (χ0v) is 13.6. The lowest BCUT2D eigenvalue weighted by atomic mass is 10.0. The van der Waals surface area contributed by atoms with Crippen LogP contribution in [0.15, 0.2) is 24.3 Å². The molecule has 1 aromatic rings. The van der Waals surface area contributed by atoms with Gasteiger partial charge in [0, 0.05) is 18.7 Å². The van der Waals surface area contributed by atoms with Crippen LogP contribution in [0, 0.1) is 0 Å². The summed E-state index contributed by atoms with van der Waals surface area (Å²) in [5.41, 5.74) is 6.60. The fourth-order valence-corrected chi connectivity index (χ4v) is 1.92. The van der Waals surface area contributed by atoms with E-state index in [2.05, 4.69) is 10.6 Å². The third kappa shape index (κ3) is 6.47. The minimum atomic E-state index is -0.813. The summed E-state index contributed by atoms with van der Waals surface area (Å²) in [7, 11) is 0. The van der Waals surface area contributed by atoms with Crippen molar-refractivity contribution in [1.82, 2.24) is 5.32 Å². The van der Waals surface area contributed by atoms with Gasteiger partial charge in [0.15, 0.2) is 0 Å². The summed E-state index contributed by atoms with van der Waals surface area (Å²) in [5, 5.41) is 5.71. The molecule has 1 atom stereocenters. The van der Waals surface area contributed by atoms with Crippen molar-refractivity contribution in [2.45, 2.75) is 45.8 Å². The van der Waals surface area contributed by atoms with Crippen LogP contribution in [0.3, 0.4) is 0 Å². The maximum atomic E-state index is 11.8. The van der Waals surface area contributed by atoms with E-state index in [1.54, 1.807) is 20.8 Å². The predicted molar refractivity (Wildman–Crippen MR) is 86.7 cm³/mol. The van der Waals surface area contributed by atoms with E-state index in [1.165, 1.54) is 0 Å². The second-order valence-corrected chi connectivity index (χ2v) is 6.04. The van der Waals surface area contributed by atoms with Crippen LogP contribution >= 0.6 is 0 Å². The quantitative estimate of drug-likeness (QED) is 0.749. The van der Waals surface area contributed by atoms with Gasteiger partial charge in [-0.05, 0) is 45.4 Å². The minimum Gasteiger partial charge on any atom is -0.444 e. The topological polar surface area (TPSA) is 93.4 Å². The number of nitrogens with one attached hydrogen (secondary N) is 2. The summed E-state index contributed by atoms with van der Waals surface area (Å²) in [4.78, 5) is 23.3. The number of anilines is 1. The molecule has 6 nitrogen and oxygen atoms in total. The van der Waals surface area contributed by atoms with Crippen LogP contribution in [0.25, 0.3) is 0 Å². The fraction of sp³-hybridized carbons (Fsp3) is 0.500. The molecule has 0 aliphatic rings. The Hall–Kier alpha value is -2.24. The number of benzene rings is 1. The highest BCUT2D eigenvalue weighted by Gasteiger charge is 2.23. The number of rotatable bonds is 6. The first-order valence-corrected chi connectivity index (χ1v) is 7.33. The van der Waals surface area contributed by atoms with Crippen molar-refractivity contribution in [3.63, 3.8) is 0 Å². The molecule has 0 unspecified atom stereocenters. The molecular weight excluding hydrogens is 282 g/mol. The van der Waals surface area contributed by atoms with Crippen molar-refractivity contribution in [3.8, 4) is 0 Å². The summed E-state index contributed by atoms with van der Waals surface area (Å²) in [6.45, 7) is 8.07. The van der Waals surface area contributed by atoms with Crippen molar-refractivity contribution < 1.29 is 14.3 Å². The molecule has 1 rings (SSSR count). The van der Waals surface area contributed by atoms with Gasteiger partial charge in [0.25, 0.3) is 0 Å². The molecule has 0 heterocycles. The zero-order valence-electron chi connectivity index (χ0n) is 13.6. The molecule has 0 radical (unpaired) electrons. The Morgan fingerprint density at radius 2 is 2.00 bits per heavy atom. The van der Waals surface area contributed by atoms with Crippen molar-refractivity contribution in [3.05, 3.63) is 29.8 Å². The van der Waals surface area contributed by atoms with Crippen LogP contribution in [0.5, 0.6) is 0 Å². The number of carbonyl (C=O) groups is 2. The average Bonchev–Trinajstić information content (AvgIpc) is 2.36. The Balaban J connectivity index is 2.74. The van der Waals surface area contributed by atoms with Crippen molar-refractivity contribution in [2.75, 3.05) is 11.9 Å². The van der Waals surface area contributed by atoms with Crippen molar-refractivity contribution in [1.29, 1.82) is 0 Å². The van der Waals surface area contributed by atoms with Gasteiger partial charge in [-0.15, -0.1) is 0 Å². The largest absolute Gasteiger partial charge is 0.444 e. The van der Waals surface area contributed by atoms with Gasteiger partial charge in [0.05, 0.1) is 0 Å². The van der Waals surface area contributed by atoms with Gasteiger partial charge in [-0.1, -0.05) is 12.1 Å². The first kappa shape index (κ1) is 17.8. The minimum absolute atomic E-state index is 0.313. The fourth-order valence-electron chi connectivity index (χ4n) is 1.92. The van der Waals surface area contributed by atoms with Gasteiger partial charge in [0.2, 0.25) is 5.91 Å². The van der Waals surface area contributed by atoms with Gasteiger partial charge in [-0.2, -0.15) is 0 Å². The molecule has 0 saturated carbocycles. The SMILES string of the molecule is CCNc1cccc(C[C@H](NC(=O)OC(C)(C)C)C(N)=O)c1. The van der Waals surface area contributed by atoms with E-state index >= 15 is 0 Å². The number of alkyl carbamates (subject to hydrolysis) is 1. The normalized spacial score (nSPS) is 12.4. The monoisotopic (exact) mass is 307 g/mol. The third-order valence-corrected chi connectivity index (χ3v) is 2.78. The standard InChI is InChI=1S/C16H25N3O3/c1-5-18-12-8-6-7-11(9-12)10-13(14(17)20)19-15(21)22-16(2,3)4/h6-9,13,18H,5,10H2,1-4H3,(H2,17,20)(H,19,21)/t13-/m0/s1. The second kappa shape index (κ2) is 7.68. The Morgan fingerprint density at radius 1 is 1.32 bits per heavy atom. The molecule has 1 aromatic carbocycles. The number of primary amides is 1. The number of amides is 2. The highest BCUT2D eigenvalue weighted by Crippen LogP contribution is 2.13. The molecule has 0 aliphatic heterocycles. The van der Waals surface area contributed by atoms with E-state index in [1.807, 2.05) is 31.2 Å². The molecule has 0 saturated heterocycles. The molecule has 0 aliphatic carbocycles. The van der Waals surface area contributed by atoms with Crippen LogP contribution in [-0.4, -0.2) is 30.2 Å². The first-order chi connectivity index (χ1) is 10.2. The molecule has 22 heavy (non-hydrogen) atoms. The number of hydrogen-bond acceptors (Lipinski definition) is 4. The lowest BCUT2D eigenvalue weighted by molar-refractivity contribution is -0.120. The van der Waals surface area contributed by atoms with Crippen molar-refractivity contribution >= 4 is 17.7 Å². The average molecular weight is 307 g/mol. The van der Waals surface area contributed by atoms with Gasteiger partial charge in [-0.3, -0.25) is 4.79 Å². The molecule has 0 spiro atoms. The molecule has 4 N–H and O–H groups in total. The predicted octanol–water partition coefficient (Wildman–Crippen LogP) is 2.04. The summed E-state index contributed by atoms with van der Waals surface area (Å²) in [6.07, 6.45) is -0.340. The zero-order chi connectivity index (χ0) is 16.8. The number of nitrogens with two attached hydrogens (primary N) is 1. The van der Waals surface area contributed by atoms with E-state index in [0.717, 1.165) is 17.8 Å². The maximum absolute atomic E-state index is 11.8. The molecule has 6 heteroatoms. The Morgan fingerprint density at radius 3 is 2.55 bits per heavy atom. The highest BCUT2D eigenvalue weighted by atomic mass is 16.6. The molecular formula is C16H25N3O3. The molecule has 0 aromatic heterocycles. The second-order valence-electron chi connectivity index (χ2n) is 6.04. The van der Waals surface area contributed by atoms with E-state index in [0.29, 0.717) is 6.42 Å².